The molecule has 0 rings (SSSR count). The Hall–Kier alpha value is -0.0938. The molecule has 0 radical (unpaired) electrons. The molecule has 0 aliphatic heterocycles. The minimum Gasteiger partial charge on any atom is -1.00 e. The van der Waals surface area contributed by atoms with Crippen molar-refractivity contribution in [2.24, 2.45) is 0 Å². The van der Waals surface area contributed by atoms with Gasteiger partial charge >= 0.3 is 35.0 Å². The van der Waals surface area contributed by atoms with E-state index in [0.717, 1.165) is 0 Å². The quantitative estimate of drug-likeness (QED) is 0.261. The number of carbonyl (C=O) groups excluding carboxylic acids is 2. The Labute approximate surface area is 66.5 Å². The molecule has 0 saturated carbocycles. The second kappa shape index (κ2) is 5.05. The van der Waals surface area contributed by atoms with Crippen molar-refractivity contribution in [1.29, 1.82) is 0 Å². The molecular formula is C4H8MgO3. The third kappa shape index (κ3) is 9.32. The van der Waals surface area contributed by atoms with E-state index in [4.69, 9.17) is 0 Å². The molecule has 0 spiro atoms. The molecule has 0 amide bonds. The van der Waals surface area contributed by atoms with E-state index in [2.05, 4.69) is 4.74 Å². The first-order valence-electron chi connectivity index (χ1n) is 1.82. The molecule has 0 aromatic rings. The van der Waals surface area contributed by atoms with Crippen molar-refractivity contribution in [3.05, 3.63) is 0 Å². The summed E-state index contributed by atoms with van der Waals surface area (Å²) in [6.45, 7) is 2.36. The van der Waals surface area contributed by atoms with Gasteiger partial charge < -0.3 is 7.59 Å². The van der Waals surface area contributed by atoms with Crippen LogP contribution in [0.5, 0.6) is 0 Å². The summed E-state index contributed by atoms with van der Waals surface area (Å²) in [5, 5.41) is 0. The summed E-state index contributed by atoms with van der Waals surface area (Å²) in [5.41, 5.74) is 0. The minimum atomic E-state index is -0.562. The van der Waals surface area contributed by atoms with E-state index in [9.17, 15) is 9.59 Å². The van der Waals surface area contributed by atoms with Gasteiger partial charge in [-0.2, -0.15) is 0 Å². The van der Waals surface area contributed by atoms with Crippen LogP contribution in [0.25, 0.3) is 0 Å². The van der Waals surface area contributed by atoms with Gasteiger partial charge in [-0.1, -0.05) is 0 Å². The van der Waals surface area contributed by atoms with E-state index in [1.165, 1.54) is 13.8 Å². The Kier molecular flexibility index (Phi) is 6.83. The average molecular weight is 128 g/mol. The number of ether oxygens (including phenoxy) is 1. The van der Waals surface area contributed by atoms with E-state index in [1.54, 1.807) is 0 Å². The number of hydrogen-bond acceptors (Lipinski definition) is 3. The minimum absolute atomic E-state index is 0. The third-order valence-electron chi connectivity index (χ3n) is 0.287. The Morgan fingerprint density at radius 2 is 1.50 bits per heavy atom. The molecule has 0 heterocycles. The van der Waals surface area contributed by atoms with Gasteiger partial charge in [0.05, 0.1) is 0 Å². The zero-order chi connectivity index (χ0) is 5.86. The number of esters is 2. The topological polar surface area (TPSA) is 43.4 Å². The molecule has 0 aliphatic carbocycles. The van der Waals surface area contributed by atoms with Crippen molar-refractivity contribution >= 4 is 35.0 Å². The zero-order valence-electron chi connectivity index (χ0n) is 6.93. The molecule has 0 N–H and O–H groups in total. The Morgan fingerprint density at radius 3 is 1.50 bits per heavy atom. The van der Waals surface area contributed by atoms with Crippen molar-refractivity contribution in [1.82, 2.24) is 0 Å². The third-order valence-corrected chi connectivity index (χ3v) is 0.287. The average Bonchev–Trinajstić information content (AvgIpc) is 1.27. The van der Waals surface area contributed by atoms with E-state index in [-0.39, 0.29) is 25.9 Å². The van der Waals surface area contributed by atoms with Gasteiger partial charge in [-0.15, -0.1) is 0 Å². The molecule has 8 heavy (non-hydrogen) atoms. The molecule has 0 aliphatic rings. The maximum absolute atomic E-state index is 9.81. The monoisotopic (exact) mass is 128 g/mol. The van der Waals surface area contributed by atoms with Crippen molar-refractivity contribution in [3.63, 3.8) is 0 Å². The molecule has 44 valence electrons. The SMILES string of the molecule is CC(=O)OC(C)=O.[H-].[H-].[Mg+2]. The molecule has 4 heteroatoms. The molecule has 3 nitrogen and oxygen atoms in total. The van der Waals surface area contributed by atoms with Crippen LogP contribution in [0.4, 0.5) is 0 Å². The number of carbonyl (C=O) groups is 2. The zero-order valence-corrected chi connectivity index (χ0v) is 6.35. The van der Waals surface area contributed by atoms with E-state index >= 15 is 0 Å². The summed E-state index contributed by atoms with van der Waals surface area (Å²) < 4.78 is 3.97. The molecule has 0 bridgehead atoms. The molecular weight excluding hydrogens is 120 g/mol. The maximum atomic E-state index is 9.81. The molecule has 0 unspecified atom stereocenters. The van der Waals surface area contributed by atoms with Crippen LogP contribution in [-0.2, 0) is 14.3 Å². The predicted octanol–water partition coefficient (Wildman–Crippen LogP) is -0.0598. The smallest absolute Gasteiger partial charge is 1.00 e. The van der Waals surface area contributed by atoms with Crippen LogP contribution in [0.1, 0.15) is 16.7 Å². The van der Waals surface area contributed by atoms with Gasteiger partial charge in [0.1, 0.15) is 0 Å². The fraction of sp³-hybridized carbons (Fsp3) is 0.500. The van der Waals surface area contributed by atoms with Crippen LogP contribution in [0.3, 0.4) is 0 Å². The summed E-state index contributed by atoms with van der Waals surface area (Å²) in [6.07, 6.45) is 0. The first-order chi connectivity index (χ1) is 3.13. The van der Waals surface area contributed by atoms with Gasteiger partial charge in [0, 0.05) is 13.8 Å². The van der Waals surface area contributed by atoms with Gasteiger partial charge in [0.2, 0.25) is 0 Å². The molecule has 0 atom stereocenters. The van der Waals surface area contributed by atoms with Gasteiger partial charge in [-0.25, -0.2) is 0 Å². The molecule has 0 aromatic carbocycles. The maximum Gasteiger partial charge on any atom is 2.00 e. The van der Waals surface area contributed by atoms with Gasteiger partial charge in [0.25, 0.3) is 0 Å². The molecule has 0 fully saturated rings. The van der Waals surface area contributed by atoms with E-state index in [0.29, 0.717) is 0 Å². The van der Waals surface area contributed by atoms with Crippen molar-refractivity contribution in [2.45, 2.75) is 13.8 Å². The van der Waals surface area contributed by atoms with Crippen molar-refractivity contribution in [3.8, 4) is 0 Å². The first-order valence-corrected chi connectivity index (χ1v) is 1.82. The summed E-state index contributed by atoms with van der Waals surface area (Å²) in [4.78, 5) is 19.6. The fourth-order valence-corrected chi connectivity index (χ4v) is 0.202. The van der Waals surface area contributed by atoms with E-state index in [1.807, 2.05) is 0 Å². The van der Waals surface area contributed by atoms with Gasteiger partial charge in [-0.05, 0) is 0 Å². The van der Waals surface area contributed by atoms with Gasteiger partial charge in [0.15, 0.2) is 0 Å². The normalized spacial score (nSPS) is 6.75. The second-order valence-electron chi connectivity index (χ2n) is 1.09. The molecule has 0 aromatic heterocycles. The Bertz CT molecular complexity index is 94.7. The van der Waals surface area contributed by atoms with E-state index < -0.39 is 11.9 Å². The standard InChI is InChI=1S/C4H6O3.Mg.2H/c1-3(5)7-4(2)6;;;/h1-2H3;;;/q;+2;2*-1. The largest absolute Gasteiger partial charge is 2.00 e. The van der Waals surface area contributed by atoms with Crippen LogP contribution in [-0.4, -0.2) is 35.0 Å². The van der Waals surface area contributed by atoms with Crippen LogP contribution < -0.4 is 0 Å². The predicted molar refractivity (Wildman–Crippen MR) is 30.4 cm³/mol. The van der Waals surface area contributed by atoms with Crippen LogP contribution in [0.15, 0.2) is 0 Å². The fourth-order valence-electron chi connectivity index (χ4n) is 0.202. The Balaban J connectivity index is -0.0000000600. The van der Waals surface area contributed by atoms with Crippen LogP contribution in [0.2, 0.25) is 0 Å². The number of rotatable bonds is 0. The summed E-state index contributed by atoms with van der Waals surface area (Å²) in [6, 6.07) is 0. The van der Waals surface area contributed by atoms with Crippen molar-refractivity contribution < 1.29 is 17.2 Å². The van der Waals surface area contributed by atoms with Crippen LogP contribution >= 0.6 is 0 Å². The second-order valence-corrected chi connectivity index (χ2v) is 1.09. The number of hydrogen-bond donors (Lipinski definition) is 0. The summed E-state index contributed by atoms with van der Waals surface area (Å²) in [7, 11) is 0. The summed E-state index contributed by atoms with van der Waals surface area (Å²) in [5.74, 6) is -1.12. The first kappa shape index (κ1) is 10.8. The van der Waals surface area contributed by atoms with Crippen LogP contribution in [0, 0.1) is 0 Å². The van der Waals surface area contributed by atoms with Gasteiger partial charge in [-0.3, -0.25) is 9.59 Å². The Morgan fingerprint density at radius 1 is 1.25 bits per heavy atom. The summed E-state index contributed by atoms with van der Waals surface area (Å²) >= 11 is 0. The van der Waals surface area contributed by atoms with Crippen molar-refractivity contribution in [2.75, 3.05) is 0 Å². The molecule has 0 saturated heterocycles.